The third-order valence-corrected chi connectivity index (χ3v) is 2.41. The van der Waals surface area contributed by atoms with Crippen LogP contribution in [-0.4, -0.2) is 10.9 Å². The minimum atomic E-state index is 0.0125. The summed E-state index contributed by atoms with van der Waals surface area (Å²) >= 11 is 2.12. The van der Waals surface area contributed by atoms with Crippen molar-refractivity contribution in [2.75, 3.05) is 0 Å². The van der Waals surface area contributed by atoms with E-state index in [1.807, 2.05) is 6.92 Å². The third kappa shape index (κ3) is 2.69. The van der Waals surface area contributed by atoms with Gasteiger partial charge in [0.25, 0.3) is 0 Å². The number of ketones is 1. The van der Waals surface area contributed by atoms with Gasteiger partial charge in [-0.15, -0.1) is 0 Å². The lowest BCUT2D eigenvalue weighted by atomic mass is 10.1. The molecule has 1 rings (SSSR count). The van der Waals surface area contributed by atoms with Crippen molar-refractivity contribution in [1.82, 2.24) is 0 Å². The summed E-state index contributed by atoms with van der Waals surface area (Å²) in [5, 5.41) is 9.41. The van der Waals surface area contributed by atoms with E-state index in [4.69, 9.17) is 0 Å². The highest BCUT2D eigenvalue weighted by Crippen LogP contribution is 2.21. The molecule has 0 spiro atoms. The molecule has 2 nitrogen and oxygen atoms in total. The summed E-state index contributed by atoms with van der Waals surface area (Å²) < 4.78 is 0.967. The molecule has 3 heteroatoms. The van der Waals surface area contributed by atoms with E-state index in [0.29, 0.717) is 12.0 Å². The largest absolute Gasteiger partial charge is 0.507 e. The third-order valence-electron chi connectivity index (χ3n) is 1.74. The maximum atomic E-state index is 11.5. The van der Waals surface area contributed by atoms with Gasteiger partial charge in [0.1, 0.15) is 5.75 Å². The lowest BCUT2D eigenvalue weighted by Crippen LogP contribution is -1.98. The summed E-state index contributed by atoms with van der Waals surface area (Å²) in [6.45, 7) is 1.95. The second-order valence-corrected chi connectivity index (χ2v) is 4.08. The van der Waals surface area contributed by atoms with Crippen LogP contribution in [0.4, 0.5) is 0 Å². The molecule has 13 heavy (non-hydrogen) atoms. The summed E-state index contributed by atoms with van der Waals surface area (Å²) in [7, 11) is 0. The molecular weight excluding hydrogens is 279 g/mol. The van der Waals surface area contributed by atoms with Crippen molar-refractivity contribution in [1.29, 1.82) is 0 Å². The van der Waals surface area contributed by atoms with Crippen LogP contribution in [-0.2, 0) is 0 Å². The van der Waals surface area contributed by atoms with Gasteiger partial charge in [-0.05, 0) is 47.2 Å². The van der Waals surface area contributed by atoms with E-state index in [0.717, 1.165) is 9.99 Å². The van der Waals surface area contributed by atoms with E-state index in [2.05, 4.69) is 22.6 Å². The maximum absolute atomic E-state index is 11.5. The van der Waals surface area contributed by atoms with Gasteiger partial charge in [-0.3, -0.25) is 4.79 Å². The molecule has 0 aliphatic carbocycles. The molecule has 0 atom stereocenters. The average Bonchev–Trinajstić information content (AvgIpc) is 2.09. The smallest absolute Gasteiger partial charge is 0.166 e. The molecular formula is C10H11IO2. The van der Waals surface area contributed by atoms with E-state index in [9.17, 15) is 9.90 Å². The van der Waals surface area contributed by atoms with Crippen LogP contribution in [0.3, 0.4) is 0 Å². The Morgan fingerprint density at radius 1 is 1.54 bits per heavy atom. The van der Waals surface area contributed by atoms with E-state index in [1.54, 1.807) is 18.2 Å². The Balaban J connectivity index is 2.99. The number of rotatable bonds is 3. The molecule has 0 fully saturated rings. The number of aromatic hydroxyl groups is 1. The first-order valence-electron chi connectivity index (χ1n) is 4.17. The summed E-state index contributed by atoms with van der Waals surface area (Å²) in [5.74, 6) is 0.0948. The van der Waals surface area contributed by atoms with Gasteiger partial charge in [0, 0.05) is 9.99 Å². The minimum Gasteiger partial charge on any atom is -0.507 e. The number of benzene rings is 1. The van der Waals surface area contributed by atoms with Gasteiger partial charge in [0.05, 0.1) is 5.56 Å². The fraction of sp³-hybridized carbons (Fsp3) is 0.300. The van der Waals surface area contributed by atoms with Crippen LogP contribution < -0.4 is 0 Å². The predicted octanol–water partition coefficient (Wildman–Crippen LogP) is 2.98. The molecule has 0 aliphatic rings. The van der Waals surface area contributed by atoms with Crippen LogP contribution in [0.15, 0.2) is 18.2 Å². The minimum absolute atomic E-state index is 0.0125. The first kappa shape index (κ1) is 10.5. The number of carbonyl (C=O) groups is 1. The van der Waals surface area contributed by atoms with Crippen LogP contribution in [0.2, 0.25) is 0 Å². The highest BCUT2D eigenvalue weighted by molar-refractivity contribution is 14.1. The SMILES string of the molecule is CCCC(=O)c1cc(I)ccc1O. The second kappa shape index (κ2) is 4.60. The molecule has 1 aromatic carbocycles. The van der Waals surface area contributed by atoms with Crippen molar-refractivity contribution in [3.05, 3.63) is 27.3 Å². The van der Waals surface area contributed by atoms with Crippen LogP contribution >= 0.6 is 22.6 Å². The fourth-order valence-electron chi connectivity index (χ4n) is 1.09. The molecule has 1 aromatic rings. The quantitative estimate of drug-likeness (QED) is 0.686. The van der Waals surface area contributed by atoms with Gasteiger partial charge in [-0.25, -0.2) is 0 Å². The molecule has 0 saturated carbocycles. The molecule has 0 heterocycles. The van der Waals surface area contributed by atoms with E-state index < -0.39 is 0 Å². The molecule has 0 aliphatic heterocycles. The first-order valence-corrected chi connectivity index (χ1v) is 5.24. The van der Waals surface area contributed by atoms with Crippen molar-refractivity contribution in [3.8, 4) is 5.75 Å². The monoisotopic (exact) mass is 290 g/mol. The van der Waals surface area contributed by atoms with Crippen molar-refractivity contribution in [2.24, 2.45) is 0 Å². The summed E-state index contributed by atoms with van der Waals surface area (Å²) in [5.41, 5.74) is 0.439. The number of carbonyl (C=O) groups excluding carboxylic acids is 1. The highest BCUT2D eigenvalue weighted by Gasteiger charge is 2.09. The van der Waals surface area contributed by atoms with E-state index in [-0.39, 0.29) is 11.5 Å². The Labute approximate surface area is 91.1 Å². The summed E-state index contributed by atoms with van der Waals surface area (Å²) in [6.07, 6.45) is 1.30. The Hall–Kier alpha value is -0.580. The zero-order valence-corrected chi connectivity index (χ0v) is 9.54. The van der Waals surface area contributed by atoms with Gasteiger partial charge < -0.3 is 5.11 Å². The van der Waals surface area contributed by atoms with Gasteiger partial charge in [-0.1, -0.05) is 6.92 Å². The lowest BCUT2D eigenvalue weighted by Gasteiger charge is -2.02. The first-order chi connectivity index (χ1) is 6.15. The molecule has 0 bridgehead atoms. The molecule has 0 amide bonds. The number of halogens is 1. The Morgan fingerprint density at radius 2 is 2.23 bits per heavy atom. The van der Waals surface area contributed by atoms with Crippen LogP contribution in [0.1, 0.15) is 30.1 Å². The van der Waals surface area contributed by atoms with Gasteiger partial charge in [-0.2, -0.15) is 0 Å². The zero-order chi connectivity index (χ0) is 9.84. The van der Waals surface area contributed by atoms with Crippen molar-refractivity contribution in [3.63, 3.8) is 0 Å². The van der Waals surface area contributed by atoms with Crippen molar-refractivity contribution in [2.45, 2.75) is 19.8 Å². The molecule has 1 N–H and O–H groups in total. The molecule has 0 unspecified atom stereocenters. The van der Waals surface area contributed by atoms with Gasteiger partial charge in [0.2, 0.25) is 0 Å². The van der Waals surface area contributed by atoms with Crippen LogP contribution in [0.5, 0.6) is 5.75 Å². The van der Waals surface area contributed by atoms with E-state index >= 15 is 0 Å². The van der Waals surface area contributed by atoms with Crippen LogP contribution in [0, 0.1) is 3.57 Å². The topological polar surface area (TPSA) is 37.3 Å². The number of hydrogen-bond donors (Lipinski definition) is 1. The molecule has 0 radical (unpaired) electrons. The summed E-state index contributed by atoms with van der Waals surface area (Å²) in [6, 6.07) is 5.05. The van der Waals surface area contributed by atoms with Crippen molar-refractivity contribution >= 4 is 28.4 Å². The molecule has 70 valence electrons. The van der Waals surface area contributed by atoms with Gasteiger partial charge in [0.15, 0.2) is 5.78 Å². The normalized spacial score (nSPS) is 10.0. The highest BCUT2D eigenvalue weighted by atomic mass is 127. The lowest BCUT2D eigenvalue weighted by molar-refractivity contribution is 0.0979. The average molecular weight is 290 g/mol. The molecule has 0 saturated heterocycles. The number of hydrogen-bond acceptors (Lipinski definition) is 2. The maximum Gasteiger partial charge on any atom is 0.166 e. The van der Waals surface area contributed by atoms with Crippen molar-refractivity contribution < 1.29 is 9.90 Å². The fourth-order valence-corrected chi connectivity index (χ4v) is 1.58. The number of phenolic OH excluding ortho intramolecular Hbond substituents is 1. The van der Waals surface area contributed by atoms with Crippen LogP contribution in [0.25, 0.3) is 0 Å². The second-order valence-electron chi connectivity index (χ2n) is 2.83. The Morgan fingerprint density at radius 3 is 2.85 bits per heavy atom. The Kier molecular flexibility index (Phi) is 3.71. The predicted molar refractivity (Wildman–Crippen MR) is 60.1 cm³/mol. The summed E-state index contributed by atoms with van der Waals surface area (Å²) in [4.78, 5) is 11.5. The van der Waals surface area contributed by atoms with E-state index in [1.165, 1.54) is 0 Å². The standard InChI is InChI=1S/C10H11IO2/c1-2-3-9(12)8-6-7(11)4-5-10(8)13/h4-6,13H,2-3H2,1H3. The zero-order valence-electron chi connectivity index (χ0n) is 7.38. The Bertz CT molecular complexity index is 321. The number of Topliss-reactive ketones (excluding diaryl/α,β-unsaturated/α-hetero) is 1. The number of phenols is 1. The molecule has 0 aromatic heterocycles. The van der Waals surface area contributed by atoms with Gasteiger partial charge >= 0.3 is 0 Å².